The first-order valence-electron chi connectivity index (χ1n) is 10.0. The van der Waals surface area contributed by atoms with E-state index in [4.69, 9.17) is 0 Å². The Labute approximate surface area is 160 Å². The average Bonchev–Trinajstić information content (AvgIpc) is 2.99. The summed E-state index contributed by atoms with van der Waals surface area (Å²) in [6.45, 7) is 9.04. The van der Waals surface area contributed by atoms with E-state index in [1.54, 1.807) is 12.1 Å². The summed E-state index contributed by atoms with van der Waals surface area (Å²) in [5.74, 6) is -1.38. The Morgan fingerprint density at radius 2 is 1.96 bits per heavy atom. The molecule has 2 fully saturated rings. The van der Waals surface area contributed by atoms with Crippen LogP contribution in [0.2, 0.25) is 0 Å². The van der Waals surface area contributed by atoms with Gasteiger partial charge in [-0.2, -0.15) is 0 Å². The molecule has 1 aromatic carbocycles. The number of benzene rings is 1. The van der Waals surface area contributed by atoms with Gasteiger partial charge in [0.1, 0.15) is 0 Å². The first kappa shape index (κ1) is 20.2. The summed E-state index contributed by atoms with van der Waals surface area (Å²) in [4.78, 5) is 16.5. The van der Waals surface area contributed by atoms with Gasteiger partial charge in [-0.1, -0.05) is 12.1 Å². The SMILES string of the molecule is CC(C)NC(=O)CCN1CC[C@]2(CCCN(Cc3cccc(F)c3F)C2)C1. The molecule has 0 radical (unpaired) electrons. The Kier molecular flexibility index (Phi) is 6.48. The number of nitrogens with one attached hydrogen (secondary N) is 1. The van der Waals surface area contributed by atoms with Crippen LogP contribution < -0.4 is 5.32 Å². The number of hydrogen-bond acceptors (Lipinski definition) is 3. The number of carbonyl (C=O) groups is 1. The average molecular weight is 379 g/mol. The molecule has 1 atom stereocenters. The summed E-state index contributed by atoms with van der Waals surface area (Å²) in [6.07, 6.45) is 3.90. The maximum absolute atomic E-state index is 14.0. The van der Waals surface area contributed by atoms with Crippen LogP contribution in [0.3, 0.4) is 0 Å². The van der Waals surface area contributed by atoms with Gasteiger partial charge in [0.15, 0.2) is 11.6 Å². The van der Waals surface area contributed by atoms with Crippen LogP contribution in [0, 0.1) is 17.0 Å². The summed E-state index contributed by atoms with van der Waals surface area (Å²) >= 11 is 0. The van der Waals surface area contributed by atoms with Crippen molar-refractivity contribution < 1.29 is 13.6 Å². The molecule has 1 amide bonds. The van der Waals surface area contributed by atoms with Crippen LogP contribution in [-0.2, 0) is 11.3 Å². The fourth-order valence-corrected chi connectivity index (χ4v) is 4.56. The molecule has 0 unspecified atom stereocenters. The van der Waals surface area contributed by atoms with Crippen LogP contribution >= 0.6 is 0 Å². The van der Waals surface area contributed by atoms with Crippen molar-refractivity contribution in [2.75, 3.05) is 32.7 Å². The van der Waals surface area contributed by atoms with Gasteiger partial charge in [0.2, 0.25) is 5.91 Å². The van der Waals surface area contributed by atoms with Gasteiger partial charge in [-0.15, -0.1) is 0 Å². The third kappa shape index (κ3) is 5.26. The van der Waals surface area contributed by atoms with E-state index >= 15 is 0 Å². The molecule has 150 valence electrons. The predicted octanol–water partition coefficient (Wildman–Crippen LogP) is 3.17. The van der Waals surface area contributed by atoms with Crippen LogP contribution in [0.4, 0.5) is 8.78 Å². The zero-order chi connectivity index (χ0) is 19.4. The van der Waals surface area contributed by atoms with Crippen molar-refractivity contribution in [3.05, 3.63) is 35.4 Å². The minimum atomic E-state index is -0.772. The summed E-state index contributed by atoms with van der Waals surface area (Å²) in [5, 5.41) is 2.94. The maximum Gasteiger partial charge on any atom is 0.221 e. The van der Waals surface area contributed by atoms with Gasteiger partial charge in [-0.25, -0.2) is 8.78 Å². The molecule has 2 heterocycles. The van der Waals surface area contributed by atoms with Gasteiger partial charge in [0.25, 0.3) is 0 Å². The molecule has 1 spiro atoms. The highest BCUT2D eigenvalue weighted by molar-refractivity contribution is 5.76. The van der Waals surface area contributed by atoms with Gasteiger partial charge in [-0.05, 0) is 57.7 Å². The lowest BCUT2D eigenvalue weighted by atomic mass is 9.79. The molecule has 4 nitrogen and oxygen atoms in total. The third-order valence-corrected chi connectivity index (χ3v) is 5.79. The monoisotopic (exact) mass is 379 g/mol. The number of amides is 1. The molecule has 2 saturated heterocycles. The van der Waals surface area contributed by atoms with Crippen molar-refractivity contribution in [2.45, 2.75) is 52.1 Å². The predicted molar refractivity (Wildman–Crippen MR) is 102 cm³/mol. The Hall–Kier alpha value is -1.53. The second-order valence-corrected chi connectivity index (χ2v) is 8.53. The molecule has 2 aliphatic rings. The molecular formula is C21H31F2N3O. The number of hydrogen-bond donors (Lipinski definition) is 1. The second kappa shape index (κ2) is 8.65. The third-order valence-electron chi connectivity index (χ3n) is 5.79. The highest BCUT2D eigenvalue weighted by atomic mass is 19.2. The quantitative estimate of drug-likeness (QED) is 0.825. The summed E-state index contributed by atoms with van der Waals surface area (Å²) < 4.78 is 27.5. The number of likely N-dealkylation sites (tertiary alicyclic amines) is 2. The van der Waals surface area contributed by atoms with Gasteiger partial charge in [0, 0.05) is 44.2 Å². The van der Waals surface area contributed by atoms with Crippen molar-refractivity contribution in [1.82, 2.24) is 15.1 Å². The topological polar surface area (TPSA) is 35.6 Å². The van der Waals surface area contributed by atoms with Gasteiger partial charge < -0.3 is 10.2 Å². The molecule has 27 heavy (non-hydrogen) atoms. The van der Waals surface area contributed by atoms with E-state index in [1.165, 1.54) is 12.5 Å². The molecule has 0 aromatic heterocycles. The normalized spacial score (nSPS) is 24.0. The van der Waals surface area contributed by atoms with Crippen molar-refractivity contribution in [2.24, 2.45) is 5.41 Å². The largest absolute Gasteiger partial charge is 0.354 e. The summed E-state index contributed by atoms with van der Waals surface area (Å²) in [5.41, 5.74) is 0.656. The maximum atomic E-state index is 14.0. The van der Waals surface area contributed by atoms with Crippen LogP contribution in [0.15, 0.2) is 18.2 Å². The van der Waals surface area contributed by atoms with Gasteiger partial charge in [-0.3, -0.25) is 9.69 Å². The van der Waals surface area contributed by atoms with E-state index in [0.29, 0.717) is 18.5 Å². The summed E-state index contributed by atoms with van der Waals surface area (Å²) in [6, 6.07) is 4.60. The summed E-state index contributed by atoms with van der Waals surface area (Å²) in [7, 11) is 0. The fraction of sp³-hybridized carbons (Fsp3) is 0.667. The van der Waals surface area contributed by atoms with E-state index in [-0.39, 0.29) is 17.4 Å². The first-order chi connectivity index (χ1) is 12.9. The van der Waals surface area contributed by atoms with Crippen molar-refractivity contribution in [1.29, 1.82) is 0 Å². The molecule has 0 aliphatic carbocycles. The molecule has 0 bridgehead atoms. The number of carbonyl (C=O) groups excluding carboxylic acids is 1. The number of rotatable bonds is 6. The highest BCUT2D eigenvalue weighted by Gasteiger charge is 2.41. The van der Waals surface area contributed by atoms with Gasteiger partial charge >= 0.3 is 0 Å². The molecule has 3 rings (SSSR count). The van der Waals surface area contributed by atoms with E-state index in [9.17, 15) is 13.6 Å². The van der Waals surface area contributed by atoms with Crippen molar-refractivity contribution in [3.63, 3.8) is 0 Å². The molecule has 2 aliphatic heterocycles. The zero-order valence-corrected chi connectivity index (χ0v) is 16.4. The number of piperidine rings is 1. The Morgan fingerprint density at radius 3 is 2.74 bits per heavy atom. The van der Waals surface area contributed by atoms with Crippen molar-refractivity contribution in [3.8, 4) is 0 Å². The molecular weight excluding hydrogens is 348 g/mol. The molecule has 6 heteroatoms. The van der Waals surface area contributed by atoms with Crippen LogP contribution in [0.1, 0.15) is 45.1 Å². The van der Waals surface area contributed by atoms with Crippen LogP contribution in [0.5, 0.6) is 0 Å². The van der Waals surface area contributed by atoms with Crippen molar-refractivity contribution >= 4 is 5.91 Å². The lowest BCUT2D eigenvalue weighted by Crippen LogP contribution is -2.44. The van der Waals surface area contributed by atoms with E-state index in [2.05, 4.69) is 15.1 Å². The van der Waals surface area contributed by atoms with Crippen LogP contribution in [0.25, 0.3) is 0 Å². The Morgan fingerprint density at radius 1 is 1.19 bits per heavy atom. The Bertz CT molecular complexity index is 667. The van der Waals surface area contributed by atoms with E-state index < -0.39 is 11.6 Å². The first-order valence-corrected chi connectivity index (χ1v) is 10.0. The molecule has 1 aromatic rings. The fourth-order valence-electron chi connectivity index (χ4n) is 4.56. The van der Waals surface area contributed by atoms with Crippen LogP contribution in [-0.4, -0.2) is 54.5 Å². The highest BCUT2D eigenvalue weighted by Crippen LogP contribution is 2.39. The van der Waals surface area contributed by atoms with E-state index in [1.807, 2.05) is 13.8 Å². The van der Waals surface area contributed by atoms with E-state index in [0.717, 1.165) is 45.6 Å². The Balaban J connectivity index is 1.53. The number of halogens is 2. The number of nitrogens with zero attached hydrogens (tertiary/aromatic N) is 2. The molecule has 0 saturated carbocycles. The molecule has 1 N–H and O–H groups in total. The smallest absolute Gasteiger partial charge is 0.221 e. The zero-order valence-electron chi connectivity index (χ0n) is 16.4. The minimum Gasteiger partial charge on any atom is -0.354 e. The standard InChI is InChI=1S/C21H31F2N3O/c1-16(2)24-19(27)7-11-25-12-9-21(14-25)8-4-10-26(15-21)13-17-5-3-6-18(22)20(17)23/h3,5-6,16H,4,7-15H2,1-2H3,(H,24,27)/t21-/m1/s1. The lowest BCUT2D eigenvalue weighted by Gasteiger charge is -2.40. The second-order valence-electron chi connectivity index (χ2n) is 8.53. The lowest BCUT2D eigenvalue weighted by molar-refractivity contribution is -0.121. The van der Waals surface area contributed by atoms with Gasteiger partial charge in [0.05, 0.1) is 0 Å². The minimum absolute atomic E-state index is 0.109.